The van der Waals surface area contributed by atoms with Crippen LogP contribution in [-0.4, -0.2) is 82.8 Å². The number of nitrogens with one attached hydrogen (secondary N) is 2. The predicted octanol–water partition coefficient (Wildman–Crippen LogP) is 2.56. The minimum atomic E-state index is 0. The van der Waals surface area contributed by atoms with E-state index in [9.17, 15) is 0 Å². The number of rotatable bonds is 11. The second kappa shape index (κ2) is 15.1. The largest absolute Gasteiger partial charge is 0.468 e. The first-order valence-corrected chi connectivity index (χ1v) is 10.1. The van der Waals surface area contributed by atoms with Crippen molar-refractivity contribution in [3.05, 3.63) is 24.2 Å². The molecule has 162 valence electrons. The van der Waals surface area contributed by atoms with Crippen LogP contribution in [0.3, 0.4) is 0 Å². The number of halogens is 1. The Morgan fingerprint density at radius 1 is 1.29 bits per heavy atom. The maximum atomic E-state index is 5.71. The van der Waals surface area contributed by atoms with Crippen molar-refractivity contribution in [1.29, 1.82) is 0 Å². The molecule has 1 aromatic heterocycles. The summed E-state index contributed by atoms with van der Waals surface area (Å²) in [4.78, 5) is 9.17. The van der Waals surface area contributed by atoms with Gasteiger partial charge in [-0.2, -0.15) is 0 Å². The van der Waals surface area contributed by atoms with Crippen LogP contribution < -0.4 is 10.6 Å². The van der Waals surface area contributed by atoms with E-state index in [2.05, 4.69) is 38.5 Å². The summed E-state index contributed by atoms with van der Waals surface area (Å²) in [5.41, 5.74) is 0. The zero-order valence-corrected chi connectivity index (χ0v) is 20.0. The highest BCUT2D eigenvalue weighted by molar-refractivity contribution is 14.0. The molecule has 1 atom stereocenters. The number of likely N-dealkylation sites (N-methyl/N-ethyl adjacent to an activating group) is 1. The van der Waals surface area contributed by atoms with Crippen molar-refractivity contribution < 1.29 is 9.15 Å². The van der Waals surface area contributed by atoms with Crippen molar-refractivity contribution >= 4 is 29.9 Å². The number of piperidine rings is 1. The van der Waals surface area contributed by atoms with Gasteiger partial charge in [0.25, 0.3) is 0 Å². The molecule has 2 N–H and O–H groups in total. The average Bonchev–Trinajstić information content (AvgIpc) is 3.23. The number of guanidine groups is 1. The molecule has 1 aromatic rings. The fourth-order valence-electron chi connectivity index (χ4n) is 3.45. The summed E-state index contributed by atoms with van der Waals surface area (Å²) in [5, 5.41) is 6.90. The van der Waals surface area contributed by atoms with Gasteiger partial charge < -0.3 is 24.7 Å². The summed E-state index contributed by atoms with van der Waals surface area (Å²) in [7, 11) is 5.69. The van der Waals surface area contributed by atoms with Gasteiger partial charge in [-0.05, 0) is 58.1 Å². The quantitative estimate of drug-likeness (QED) is 0.208. The molecule has 1 fully saturated rings. The molecule has 28 heavy (non-hydrogen) atoms. The monoisotopic (exact) mass is 507 g/mol. The standard InChI is InChI=1S/C20H37N5O2.HI/c1-21-20(22-10-8-11-24(2)14-16-26-3)23-17-18(19-9-7-15-27-19)25-12-5-4-6-13-25;/h7,9,15,18H,4-6,8,10-14,16-17H2,1-3H3,(H2,21,22,23);1H. The van der Waals surface area contributed by atoms with Gasteiger partial charge in [0.1, 0.15) is 5.76 Å². The molecular formula is C20H38IN5O2. The molecule has 8 heteroatoms. The lowest BCUT2D eigenvalue weighted by Crippen LogP contribution is -2.44. The van der Waals surface area contributed by atoms with E-state index in [4.69, 9.17) is 9.15 Å². The fraction of sp³-hybridized carbons (Fsp3) is 0.750. The summed E-state index contributed by atoms with van der Waals surface area (Å²) < 4.78 is 10.8. The third-order valence-electron chi connectivity index (χ3n) is 5.08. The van der Waals surface area contributed by atoms with E-state index < -0.39 is 0 Å². The first kappa shape index (κ1) is 25.2. The van der Waals surface area contributed by atoms with Gasteiger partial charge >= 0.3 is 0 Å². The minimum absolute atomic E-state index is 0. The molecule has 0 aromatic carbocycles. The molecule has 2 heterocycles. The topological polar surface area (TPSA) is 65.3 Å². The van der Waals surface area contributed by atoms with Gasteiger partial charge in [-0.3, -0.25) is 9.89 Å². The van der Waals surface area contributed by atoms with E-state index in [-0.39, 0.29) is 30.0 Å². The van der Waals surface area contributed by atoms with Crippen LogP contribution in [0.2, 0.25) is 0 Å². The van der Waals surface area contributed by atoms with Crippen LogP contribution in [0.4, 0.5) is 0 Å². The molecule has 0 saturated carbocycles. The second-order valence-electron chi connectivity index (χ2n) is 7.16. The minimum Gasteiger partial charge on any atom is -0.468 e. The van der Waals surface area contributed by atoms with Crippen molar-refractivity contribution in [3.8, 4) is 0 Å². The smallest absolute Gasteiger partial charge is 0.191 e. The maximum Gasteiger partial charge on any atom is 0.191 e. The molecular weight excluding hydrogens is 469 g/mol. The van der Waals surface area contributed by atoms with Gasteiger partial charge in [-0.1, -0.05) is 6.42 Å². The molecule has 0 bridgehead atoms. The molecule has 0 spiro atoms. The lowest BCUT2D eigenvalue weighted by molar-refractivity contribution is 0.146. The maximum absolute atomic E-state index is 5.71. The Kier molecular flexibility index (Phi) is 13.6. The van der Waals surface area contributed by atoms with Crippen LogP contribution in [0.5, 0.6) is 0 Å². The summed E-state index contributed by atoms with van der Waals surface area (Å²) in [5.74, 6) is 1.88. The van der Waals surface area contributed by atoms with E-state index in [0.717, 1.165) is 64.0 Å². The Balaban J connectivity index is 0.00000392. The van der Waals surface area contributed by atoms with E-state index >= 15 is 0 Å². The average molecular weight is 507 g/mol. The van der Waals surface area contributed by atoms with Crippen LogP contribution >= 0.6 is 24.0 Å². The summed E-state index contributed by atoms with van der Waals surface area (Å²) >= 11 is 0. The molecule has 0 radical (unpaired) electrons. The number of nitrogens with zero attached hydrogens (tertiary/aromatic N) is 3. The number of likely N-dealkylation sites (tertiary alicyclic amines) is 1. The van der Waals surface area contributed by atoms with Gasteiger partial charge in [0, 0.05) is 33.8 Å². The van der Waals surface area contributed by atoms with Crippen LogP contribution in [-0.2, 0) is 4.74 Å². The Hall–Kier alpha value is -0.840. The van der Waals surface area contributed by atoms with Gasteiger partial charge in [0.15, 0.2) is 5.96 Å². The van der Waals surface area contributed by atoms with E-state index in [1.807, 2.05) is 13.1 Å². The van der Waals surface area contributed by atoms with Crippen LogP contribution in [0.25, 0.3) is 0 Å². The van der Waals surface area contributed by atoms with E-state index in [0.29, 0.717) is 0 Å². The second-order valence-corrected chi connectivity index (χ2v) is 7.16. The van der Waals surface area contributed by atoms with Gasteiger partial charge in [0.05, 0.1) is 18.9 Å². The Morgan fingerprint density at radius 3 is 2.71 bits per heavy atom. The third kappa shape index (κ3) is 9.11. The highest BCUT2D eigenvalue weighted by Crippen LogP contribution is 2.24. The van der Waals surface area contributed by atoms with Gasteiger partial charge in [0.2, 0.25) is 0 Å². The number of ether oxygens (including phenoxy) is 1. The highest BCUT2D eigenvalue weighted by atomic mass is 127. The number of furan rings is 1. The summed E-state index contributed by atoms with van der Waals surface area (Å²) in [6.45, 7) is 6.73. The predicted molar refractivity (Wildman–Crippen MR) is 126 cm³/mol. The normalized spacial score (nSPS) is 16.6. The van der Waals surface area contributed by atoms with Gasteiger partial charge in [-0.25, -0.2) is 0 Å². The van der Waals surface area contributed by atoms with Crippen molar-refractivity contribution in [1.82, 2.24) is 20.4 Å². The first-order valence-electron chi connectivity index (χ1n) is 10.1. The van der Waals surface area contributed by atoms with Crippen LogP contribution in [0.1, 0.15) is 37.5 Å². The van der Waals surface area contributed by atoms with Crippen molar-refractivity contribution in [3.63, 3.8) is 0 Å². The van der Waals surface area contributed by atoms with Crippen molar-refractivity contribution in [2.75, 3.05) is 67.1 Å². The molecule has 1 unspecified atom stereocenters. The summed E-state index contributed by atoms with van der Waals surface area (Å²) in [6.07, 6.45) is 6.69. The van der Waals surface area contributed by atoms with Crippen LogP contribution in [0.15, 0.2) is 27.8 Å². The number of hydrogen-bond acceptors (Lipinski definition) is 5. The SMILES string of the molecule is CN=C(NCCCN(C)CCOC)NCC(c1ccco1)N1CCCCC1.I. The Bertz CT molecular complexity index is 521. The first-order chi connectivity index (χ1) is 13.2. The zero-order chi connectivity index (χ0) is 19.3. The number of hydrogen-bond donors (Lipinski definition) is 2. The lowest BCUT2D eigenvalue weighted by atomic mass is 10.1. The molecule has 0 amide bonds. The third-order valence-corrected chi connectivity index (χ3v) is 5.08. The molecule has 0 aliphatic carbocycles. The van der Waals surface area contributed by atoms with Crippen molar-refractivity contribution in [2.24, 2.45) is 4.99 Å². The van der Waals surface area contributed by atoms with Gasteiger partial charge in [-0.15, -0.1) is 24.0 Å². The lowest BCUT2D eigenvalue weighted by Gasteiger charge is -2.33. The van der Waals surface area contributed by atoms with Crippen molar-refractivity contribution in [2.45, 2.75) is 31.7 Å². The molecule has 1 aliphatic rings. The highest BCUT2D eigenvalue weighted by Gasteiger charge is 2.24. The van der Waals surface area contributed by atoms with E-state index in [1.54, 1.807) is 13.4 Å². The number of aliphatic imine (C=N–C) groups is 1. The fourth-order valence-corrected chi connectivity index (χ4v) is 3.45. The summed E-state index contributed by atoms with van der Waals surface area (Å²) in [6, 6.07) is 4.30. The molecule has 1 saturated heterocycles. The Morgan fingerprint density at radius 2 is 2.07 bits per heavy atom. The number of methoxy groups -OCH3 is 1. The molecule has 1 aliphatic heterocycles. The van der Waals surface area contributed by atoms with Crippen LogP contribution in [0, 0.1) is 0 Å². The molecule has 7 nitrogen and oxygen atoms in total. The molecule has 2 rings (SSSR count). The Labute approximate surface area is 187 Å². The van der Waals surface area contributed by atoms with E-state index in [1.165, 1.54) is 19.3 Å². The zero-order valence-electron chi connectivity index (χ0n) is 17.7.